The van der Waals surface area contributed by atoms with Crippen LogP contribution in [0.25, 0.3) is 0 Å². The predicted molar refractivity (Wildman–Crippen MR) is 138 cm³/mol. The summed E-state index contributed by atoms with van der Waals surface area (Å²) in [5, 5.41) is 13.0. The summed E-state index contributed by atoms with van der Waals surface area (Å²) in [6.07, 6.45) is 0.970. The highest BCUT2D eigenvalue weighted by atomic mass is 32.2. The molecule has 0 saturated heterocycles. The number of anilines is 1. The Bertz CT molecular complexity index is 1180. The summed E-state index contributed by atoms with van der Waals surface area (Å²) in [4.78, 5) is 28.0. The molecule has 0 fully saturated rings. The Kier molecular flexibility index (Phi) is 11.0. The molecule has 0 aliphatic heterocycles. The average Bonchev–Trinajstić information content (AvgIpc) is 2.80. The molecule has 37 heavy (non-hydrogen) atoms. The Morgan fingerprint density at radius 2 is 1.57 bits per heavy atom. The van der Waals surface area contributed by atoms with Gasteiger partial charge in [0.15, 0.2) is 0 Å². The van der Waals surface area contributed by atoms with Gasteiger partial charge in [-0.15, -0.1) is 0 Å². The number of aliphatic hydroxyl groups excluding tert-OH is 1. The van der Waals surface area contributed by atoms with Crippen molar-refractivity contribution in [2.24, 2.45) is 5.73 Å². The van der Waals surface area contributed by atoms with Crippen molar-refractivity contribution in [2.75, 3.05) is 30.6 Å². The maximum absolute atomic E-state index is 13.7. The lowest BCUT2D eigenvalue weighted by molar-refractivity contribution is 0.0755. The minimum Gasteiger partial charge on any atom is -0.390 e. The largest absolute Gasteiger partial charge is 0.390 e. The van der Waals surface area contributed by atoms with Gasteiger partial charge in [0, 0.05) is 36.8 Å². The summed E-state index contributed by atoms with van der Waals surface area (Å²) in [7, 11) is -3.73. The van der Waals surface area contributed by atoms with Gasteiger partial charge in [-0.3, -0.25) is 14.3 Å². The number of hydrogen-bond donors (Lipinski definition) is 4. The third kappa shape index (κ3) is 9.38. The molecule has 0 aliphatic carbocycles. The molecule has 0 saturated carbocycles. The third-order valence-electron chi connectivity index (χ3n) is 5.42. The molecule has 12 heteroatoms. The minimum absolute atomic E-state index is 0.00886. The van der Waals surface area contributed by atoms with Crippen LogP contribution in [0, 0.1) is 11.6 Å². The Morgan fingerprint density at radius 3 is 2.08 bits per heavy atom. The van der Waals surface area contributed by atoms with Gasteiger partial charge in [0.25, 0.3) is 11.8 Å². The lowest BCUT2D eigenvalue weighted by atomic mass is 10.00. The molecule has 0 unspecified atom stereocenters. The molecule has 5 N–H and O–H groups in total. The van der Waals surface area contributed by atoms with E-state index in [9.17, 15) is 31.9 Å². The zero-order valence-electron chi connectivity index (χ0n) is 21.1. The second-order valence-electron chi connectivity index (χ2n) is 8.83. The summed E-state index contributed by atoms with van der Waals surface area (Å²) in [6.45, 7) is 4.55. The number of sulfonamides is 1. The number of carbonyl (C=O) groups is 2. The molecule has 9 nitrogen and oxygen atoms in total. The van der Waals surface area contributed by atoms with Gasteiger partial charge in [0.05, 0.1) is 24.1 Å². The molecule has 2 aromatic carbocycles. The van der Waals surface area contributed by atoms with Crippen LogP contribution >= 0.6 is 0 Å². The molecule has 0 heterocycles. The second-order valence-corrected chi connectivity index (χ2v) is 10.6. The molecule has 2 rings (SSSR count). The monoisotopic (exact) mass is 540 g/mol. The first-order valence-electron chi connectivity index (χ1n) is 11.9. The van der Waals surface area contributed by atoms with E-state index < -0.39 is 39.7 Å². The van der Waals surface area contributed by atoms with Crippen LogP contribution in [0.3, 0.4) is 0 Å². The lowest BCUT2D eigenvalue weighted by Gasteiger charge is -2.24. The van der Waals surface area contributed by atoms with Crippen molar-refractivity contribution in [3.8, 4) is 0 Å². The summed E-state index contributed by atoms with van der Waals surface area (Å²) in [5.74, 6) is -2.73. The van der Waals surface area contributed by atoms with Gasteiger partial charge >= 0.3 is 0 Å². The molecule has 0 radical (unpaired) electrons. The van der Waals surface area contributed by atoms with Gasteiger partial charge in [-0.1, -0.05) is 13.8 Å². The minimum atomic E-state index is -3.73. The average molecular weight is 541 g/mol. The molecule has 204 valence electrons. The Morgan fingerprint density at radius 1 is 1.00 bits per heavy atom. The van der Waals surface area contributed by atoms with Crippen molar-refractivity contribution in [3.63, 3.8) is 0 Å². The maximum atomic E-state index is 13.7. The lowest BCUT2D eigenvalue weighted by Crippen LogP contribution is -2.48. The predicted octanol–water partition coefficient (Wildman–Crippen LogP) is 2.26. The molecule has 0 spiro atoms. The molecular weight excluding hydrogens is 506 g/mol. The number of rotatable bonds is 13. The number of halogens is 2. The molecule has 0 aromatic heterocycles. The van der Waals surface area contributed by atoms with Crippen molar-refractivity contribution in [2.45, 2.75) is 45.3 Å². The smallest absolute Gasteiger partial charge is 0.253 e. The van der Waals surface area contributed by atoms with Crippen LogP contribution in [-0.4, -0.2) is 68.3 Å². The highest BCUT2D eigenvalue weighted by Gasteiger charge is 2.24. The van der Waals surface area contributed by atoms with E-state index in [1.807, 2.05) is 13.8 Å². The summed E-state index contributed by atoms with van der Waals surface area (Å²) in [5.41, 5.74) is 5.82. The van der Waals surface area contributed by atoms with E-state index in [2.05, 4.69) is 10.0 Å². The third-order valence-corrected chi connectivity index (χ3v) is 6.03. The molecule has 0 bridgehead atoms. The van der Waals surface area contributed by atoms with Crippen molar-refractivity contribution >= 4 is 27.5 Å². The van der Waals surface area contributed by atoms with Crippen LogP contribution in [0.5, 0.6) is 0 Å². The number of amides is 2. The van der Waals surface area contributed by atoms with Crippen molar-refractivity contribution < 1.29 is 31.9 Å². The van der Waals surface area contributed by atoms with Crippen molar-refractivity contribution in [1.29, 1.82) is 0 Å². The van der Waals surface area contributed by atoms with Gasteiger partial charge in [0.2, 0.25) is 10.0 Å². The highest BCUT2D eigenvalue weighted by molar-refractivity contribution is 7.92. The van der Waals surface area contributed by atoms with E-state index in [4.69, 9.17) is 5.73 Å². The summed E-state index contributed by atoms with van der Waals surface area (Å²) in [6, 6.07) is 5.77. The quantitative estimate of drug-likeness (QED) is 0.307. The zero-order valence-corrected chi connectivity index (χ0v) is 21.9. The fourth-order valence-electron chi connectivity index (χ4n) is 3.87. The number of aliphatic hydroxyl groups is 1. The standard InChI is InChI=1S/C25H34F2N4O5S/c1-4-6-31(7-5-2)25(34)18-11-17(12-21(13-18)30-37(3,35)36)24(33)29-22(23(32)15-28)10-16-8-19(26)14-20(27)9-16/h8-9,11-14,22-23,30,32H,4-7,10,15,28H2,1-3H3,(H,29,33)/t22-,23+/m0/s1. The number of nitrogens with two attached hydrogens (primary N) is 1. The van der Waals surface area contributed by atoms with E-state index in [-0.39, 0.29) is 41.3 Å². The first kappa shape index (κ1) is 30.1. The normalized spacial score (nSPS) is 13.1. The van der Waals surface area contributed by atoms with Crippen molar-refractivity contribution in [1.82, 2.24) is 10.2 Å². The number of hydrogen-bond acceptors (Lipinski definition) is 6. The summed E-state index contributed by atoms with van der Waals surface area (Å²) >= 11 is 0. The number of carbonyl (C=O) groups excluding carboxylic acids is 2. The van der Waals surface area contributed by atoms with Gasteiger partial charge in [-0.05, 0) is 55.2 Å². The molecule has 2 atom stereocenters. The zero-order chi connectivity index (χ0) is 27.8. The van der Waals surface area contributed by atoms with Crippen LogP contribution in [-0.2, 0) is 16.4 Å². The van der Waals surface area contributed by atoms with Gasteiger partial charge in [-0.25, -0.2) is 17.2 Å². The number of nitrogens with one attached hydrogen (secondary N) is 2. The fraction of sp³-hybridized carbons (Fsp3) is 0.440. The van der Waals surface area contributed by atoms with Gasteiger partial charge in [-0.2, -0.15) is 0 Å². The van der Waals surface area contributed by atoms with Crippen LogP contribution in [0.15, 0.2) is 36.4 Å². The van der Waals surface area contributed by atoms with Crippen molar-refractivity contribution in [3.05, 3.63) is 64.7 Å². The Hall–Kier alpha value is -3.09. The molecule has 2 aromatic rings. The Labute approximate surface area is 216 Å². The molecule has 2 amide bonds. The van der Waals surface area contributed by atoms with E-state index in [1.54, 1.807) is 4.90 Å². The summed E-state index contributed by atoms with van der Waals surface area (Å²) < 4.78 is 53.3. The maximum Gasteiger partial charge on any atom is 0.253 e. The van der Waals surface area contributed by atoms with Gasteiger partial charge in [0.1, 0.15) is 11.6 Å². The molecular formula is C25H34F2N4O5S. The molecule has 0 aliphatic rings. The van der Waals surface area contributed by atoms with E-state index in [0.29, 0.717) is 32.0 Å². The SMILES string of the molecule is CCCN(CCC)C(=O)c1cc(NS(C)(=O)=O)cc(C(=O)N[C@@H](Cc2cc(F)cc(F)c2)[C@H](O)CN)c1. The second kappa shape index (κ2) is 13.5. The van der Waals surface area contributed by atoms with E-state index >= 15 is 0 Å². The Balaban J connectivity index is 2.44. The van der Waals surface area contributed by atoms with Gasteiger partial charge < -0.3 is 21.1 Å². The van der Waals surface area contributed by atoms with E-state index in [1.165, 1.54) is 18.2 Å². The van der Waals surface area contributed by atoms with Crippen LogP contribution in [0.1, 0.15) is 53.0 Å². The first-order valence-corrected chi connectivity index (χ1v) is 13.8. The van der Waals surface area contributed by atoms with Crippen LogP contribution in [0.2, 0.25) is 0 Å². The number of nitrogens with zero attached hydrogens (tertiary/aromatic N) is 1. The van der Waals surface area contributed by atoms with Crippen LogP contribution < -0.4 is 15.8 Å². The fourth-order valence-corrected chi connectivity index (χ4v) is 4.42. The number of benzene rings is 2. The van der Waals surface area contributed by atoms with Crippen LogP contribution in [0.4, 0.5) is 14.5 Å². The van der Waals surface area contributed by atoms with E-state index in [0.717, 1.165) is 18.4 Å². The topological polar surface area (TPSA) is 142 Å². The highest BCUT2D eigenvalue weighted by Crippen LogP contribution is 2.20. The first-order chi connectivity index (χ1) is 17.4.